The van der Waals surface area contributed by atoms with Crippen LogP contribution in [0.15, 0.2) is 12.1 Å². The quantitative estimate of drug-likeness (QED) is 0.737. The molecule has 0 spiro atoms. The average molecular weight is 355 g/mol. The van der Waals surface area contributed by atoms with Crippen LogP contribution in [0.2, 0.25) is 0 Å². The van der Waals surface area contributed by atoms with E-state index in [-0.39, 0.29) is 5.78 Å². The van der Waals surface area contributed by atoms with Crippen molar-refractivity contribution in [3.63, 3.8) is 0 Å². The summed E-state index contributed by atoms with van der Waals surface area (Å²) in [5.74, 6) is 2.08. The van der Waals surface area contributed by atoms with Gasteiger partial charge < -0.3 is 5.11 Å². The van der Waals surface area contributed by atoms with E-state index in [1.807, 2.05) is 26.0 Å². The van der Waals surface area contributed by atoms with Crippen LogP contribution in [0.5, 0.6) is 5.75 Å². The summed E-state index contributed by atoms with van der Waals surface area (Å²) in [6.45, 7) is 10.7. The van der Waals surface area contributed by atoms with Gasteiger partial charge in [0.05, 0.1) is 4.88 Å². The lowest BCUT2D eigenvalue weighted by atomic mass is 9.93. The van der Waals surface area contributed by atoms with Crippen LogP contribution < -0.4 is 0 Å². The fourth-order valence-corrected chi connectivity index (χ4v) is 6.12. The largest absolute Gasteiger partial charge is 0.507 e. The summed E-state index contributed by atoms with van der Waals surface area (Å²) >= 11 is 1.71. The van der Waals surface area contributed by atoms with Crippen molar-refractivity contribution in [3.8, 4) is 5.75 Å². The number of phenolic OH excluding ortho intramolecular Hbond substituents is 1. The first-order chi connectivity index (χ1) is 11.7. The fraction of sp³-hybridized carbons (Fsp3) is 0.500. The summed E-state index contributed by atoms with van der Waals surface area (Å²) in [6, 6.07) is 3.99. The molecule has 2 aromatic rings. The molecule has 1 aromatic heterocycles. The zero-order valence-corrected chi connectivity index (χ0v) is 16.5. The van der Waals surface area contributed by atoms with Crippen molar-refractivity contribution >= 4 is 17.1 Å². The molecule has 1 saturated carbocycles. The maximum absolute atomic E-state index is 12.9. The Morgan fingerprint density at radius 2 is 1.88 bits per heavy atom. The van der Waals surface area contributed by atoms with Crippen molar-refractivity contribution in [1.82, 2.24) is 0 Å². The van der Waals surface area contributed by atoms with Gasteiger partial charge in [0.15, 0.2) is 5.78 Å². The number of carbonyl (C=O) groups is 1. The highest BCUT2D eigenvalue weighted by Crippen LogP contribution is 2.71. The minimum Gasteiger partial charge on any atom is -0.507 e. The Morgan fingerprint density at radius 1 is 1.24 bits per heavy atom. The average Bonchev–Trinajstić information content (AvgIpc) is 2.90. The van der Waals surface area contributed by atoms with Crippen LogP contribution in [-0.4, -0.2) is 10.9 Å². The van der Waals surface area contributed by atoms with Gasteiger partial charge in [-0.2, -0.15) is 0 Å². The minimum absolute atomic E-state index is 0.289. The number of ketones is 1. The lowest BCUT2D eigenvalue weighted by molar-refractivity contribution is 0.0986. The van der Waals surface area contributed by atoms with E-state index in [4.69, 9.17) is 0 Å². The Labute approximate surface area is 153 Å². The monoisotopic (exact) mass is 354 g/mol. The molecule has 25 heavy (non-hydrogen) atoms. The van der Waals surface area contributed by atoms with Crippen LogP contribution in [0.1, 0.15) is 68.6 Å². The summed E-state index contributed by atoms with van der Waals surface area (Å²) in [6.07, 6.45) is 2.38. The zero-order chi connectivity index (χ0) is 18.1. The van der Waals surface area contributed by atoms with Gasteiger partial charge in [-0.05, 0) is 78.7 Å². The van der Waals surface area contributed by atoms with Crippen molar-refractivity contribution in [2.75, 3.05) is 0 Å². The zero-order valence-electron chi connectivity index (χ0n) is 15.7. The number of thiophene rings is 1. The number of hydrogen-bond acceptors (Lipinski definition) is 3. The van der Waals surface area contributed by atoms with E-state index < -0.39 is 0 Å². The minimum atomic E-state index is 0.289. The Bertz CT molecular complexity index is 865. The van der Waals surface area contributed by atoms with E-state index in [0.717, 1.165) is 40.3 Å². The van der Waals surface area contributed by atoms with E-state index in [9.17, 15) is 9.90 Å². The van der Waals surface area contributed by atoms with Gasteiger partial charge in [-0.1, -0.05) is 26.0 Å². The summed E-state index contributed by atoms with van der Waals surface area (Å²) in [7, 11) is 0. The van der Waals surface area contributed by atoms with Crippen LogP contribution in [0, 0.1) is 32.1 Å². The third-order valence-electron chi connectivity index (χ3n) is 6.46. The highest BCUT2D eigenvalue weighted by Gasteiger charge is 2.63. The predicted octanol–water partition coefficient (Wildman–Crippen LogP) is 5.49. The molecule has 2 aliphatic rings. The number of phenols is 1. The second-order valence-corrected chi connectivity index (χ2v) is 9.72. The Hall–Kier alpha value is -1.61. The third-order valence-corrected chi connectivity index (χ3v) is 7.67. The molecule has 2 nitrogen and oxygen atoms in total. The molecule has 1 fully saturated rings. The summed E-state index contributed by atoms with van der Waals surface area (Å²) in [5.41, 5.74) is 6.20. The van der Waals surface area contributed by atoms with Gasteiger partial charge in [0.1, 0.15) is 5.75 Å². The number of fused-ring (bicyclic) bond motifs is 3. The molecule has 0 unspecified atom stereocenters. The molecular weight excluding hydrogens is 328 g/mol. The lowest BCUT2D eigenvalue weighted by Gasteiger charge is -2.10. The van der Waals surface area contributed by atoms with Gasteiger partial charge in [0, 0.05) is 11.3 Å². The van der Waals surface area contributed by atoms with Gasteiger partial charge in [-0.25, -0.2) is 0 Å². The highest BCUT2D eigenvalue weighted by molar-refractivity contribution is 7.14. The Kier molecular flexibility index (Phi) is 3.66. The van der Waals surface area contributed by atoms with Crippen molar-refractivity contribution in [1.29, 1.82) is 0 Å². The van der Waals surface area contributed by atoms with Crippen LogP contribution in [0.3, 0.4) is 0 Å². The lowest BCUT2D eigenvalue weighted by Crippen LogP contribution is -2.05. The molecule has 0 saturated heterocycles. The molecule has 4 rings (SSSR count). The van der Waals surface area contributed by atoms with Crippen molar-refractivity contribution in [2.45, 2.75) is 59.8 Å². The number of aryl methyl sites for hydroxylation is 4. The first-order valence-corrected chi connectivity index (χ1v) is 9.98. The maximum atomic E-state index is 12.9. The van der Waals surface area contributed by atoms with E-state index in [2.05, 4.69) is 20.8 Å². The first kappa shape index (κ1) is 16.8. The van der Waals surface area contributed by atoms with Crippen molar-refractivity contribution < 1.29 is 9.90 Å². The van der Waals surface area contributed by atoms with Crippen LogP contribution in [0.4, 0.5) is 0 Å². The molecule has 2 atom stereocenters. The van der Waals surface area contributed by atoms with E-state index in [0.29, 0.717) is 23.5 Å². The van der Waals surface area contributed by atoms with Gasteiger partial charge in [-0.15, -0.1) is 11.3 Å². The van der Waals surface area contributed by atoms with E-state index in [1.54, 1.807) is 11.3 Å². The number of Topliss-reactive ketones (excluding diaryl/α,β-unsaturated/α-hetero) is 1. The molecule has 1 aromatic carbocycles. The molecule has 0 amide bonds. The Morgan fingerprint density at radius 3 is 2.52 bits per heavy atom. The number of carbonyl (C=O) groups excluding carboxylic acids is 1. The number of hydrogen-bond donors (Lipinski definition) is 1. The first-order valence-electron chi connectivity index (χ1n) is 9.16. The fourth-order valence-electron chi connectivity index (χ4n) is 4.92. The molecule has 132 valence electrons. The molecule has 1 N–H and O–H groups in total. The highest BCUT2D eigenvalue weighted by atomic mass is 32.1. The van der Waals surface area contributed by atoms with Gasteiger partial charge in [-0.3, -0.25) is 4.79 Å². The summed E-state index contributed by atoms with van der Waals surface area (Å²) < 4.78 is 0. The van der Waals surface area contributed by atoms with Crippen molar-refractivity contribution in [3.05, 3.63) is 49.7 Å². The van der Waals surface area contributed by atoms with Crippen LogP contribution in [-0.2, 0) is 12.8 Å². The Balaban J connectivity index is 1.52. The smallest absolute Gasteiger partial charge is 0.173 e. The number of rotatable bonds is 4. The standard InChI is InChI=1S/C22H26O2S/c1-11-8-14(9-12(2)20(11)24)6-7-17(23)21-15-10-16-19(22(16,4)5)18(15)13(3)25-21/h8-9,16,19,24H,6-7,10H2,1-5H3/t16-,19-/m1/s1. The third kappa shape index (κ3) is 2.47. The van der Waals surface area contributed by atoms with Crippen molar-refractivity contribution in [2.24, 2.45) is 11.3 Å². The number of aromatic hydroxyl groups is 1. The summed E-state index contributed by atoms with van der Waals surface area (Å²) in [5, 5.41) is 9.90. The van der Waals surface area contributed by atoms with Crippen LogP contribution in [0.25, 0.3) is 0 Å². The van der Waals surface area contributed by atoms with Gasteiger partial charge >= 0.3 is 0 Å². The second-order valence-electron chi connectivity index (χ2n) is 8.49. The van der Waals surface area contributed by atoms with Gasteiger partial charge in [0.25, 0.3) is 0 Å². The second kappa shape index (κ2) is 5.44. The summed E-state index contributed by atoms with van der Waals surface area (Å²) in [4.78, 5) is 15.2. The number of benzene rings is 1. The molecule has 0 aliphatic heterocycles. The van der Waals surface area contributed by atoms with Gasteiger partial charge in [0.2, 0.25) is 0 Å². The molecule has 0 bridgehead atoms. The van der Waals surface area contributed by atoms with E-state index in [1.165, 1.54) is 16.0 Å². The topological polar surface area (TPSA) is 37.3 Å². The van der Waals surface area contributed by atoms with Crippen LogP contribution >= 0.6 is 11.3 Å². The predicted molar refractivity (Wildman–Crippen MR) is 103 cm³/mol. The molecule has 3 heteroatoms. The molecule has 1 heterocycles. The van der Waals surface area contributed by atoms with E-state index >= 15 is 0 Å². The molecule has 2 aliphatic carbocycles. The maximum Gasteiger partial charge on any atom is 0.173 e. The normalized spacial score (nSPS) is 22.6. The molecule has 0 radical (unpaired) electrons. The molecular formula is C22H26O2S. The SMILES string of the molecule is Cc1cc(CCC(=O)c2sc(C)c3c2C[C@@H]2[C@H]3C2(C)C)cc(C)c1O.